The molecule has 8 heteroatoms. The highest BCUT2D eigenvalue weighted by atomic mass is 32.2. The van der Waals surface area contributed by atoms with Gasteiger partial charge in [-0.1, -0.05) is 0 Å². The maximum Gasteiger partial charge on any atom is 0.327 e. The van der Waals surface area contributed by atoms with Crippen molar-refractivity contribution in [1.29, 1.82) is 0 Å². The summed E-state index contributed by atoms with van der Waals surface area (Å²) in [7, 11) is 0. The second kappa shape index (κ2) is 7.28. The zero-order valence-corrected chi connectivity index (χ0v) is 11.8. The van der Waals surface area contributed by atoms with Crippen molar-refractivity contribution in [2.45, 2.75) is 25.8 Å². The van der Waals surface area contributed by atoms with Gasteiger partial charge in [0.05, 0.1) is 5.92 Å². The molecule has 1 aliphatic rings. The highest BCUT2D eigenvalue weighted by Gasteiger charge is 2.39. The van der Waals surface area contributed by atoms with E-state index in [-0.39, 0.29) is 23.7 Å². The fourth-order valence-electron chi connectivity index (χ4n) is 2.15. The number of carbonyl (C=O) groups is 4. The first kappa shape index (κ1) is 16.5. The Kier molecular flexibility index (Phi) is 6.00. The molecular formula is C12H17NO6S. The molecule has 3 N–H and O–H groups in total. The third-order valence-corrected chi connectivity index (χ3v) is 4.34. The number of hydrogen-bond acceptors (Lipinski definition) is 5. The molecule has 1 amide bonds. The fraction of sp³-hybridized carbons (Fsp3) is 0.667. The quantitative estimate of drug-likeness (QED) is 0.604. The van der Waals surface area contributed by atoms with Crippen molar-refractivity contribution in [2.75, 3.05) is 11.5 Å². The van der Waals surface area contributed by atoms with E-state index in [0.717, 1.165) is 0 Å². The lowest BCUT2D eigenvalue weighted by Gasteiger charge is -2.16. The first-order valence-electron chi connectivity index (χ1n) is 6.16. The van der Waals surface area contributed by atoms with Crippen LogP contribution in [0.4, 0.5) is 0 Å². The van der Waals surface area contributed by atoms with E-state index in [1.165, 1.54) is 18.7 Å². The monoisotopic (exact) mass is 303 g/mol. The van der Waals surface area contributed by atoms with Crippen molar-refractivity contribution in [3.05, 3.63) is 0 Å². The van der Waals surface area contributed by atoms with Gasteiger partial charge in [-0.3, -0.25) is 14.4 Å². The first-order chi connectivity index (χ1) is 9.32. The van der Waals surface area contributed by atoms with Crippen LogP contribution in [0.2, 0.25) is 0 Å². The Labute approximate surface area is 120 Å². The number of amides is 1. The van der Waals surface area contributed by atoms with Gasteiger partial charge in [0.2, 0.25) is 5.91 Å². The van der Waals surface area contributed by atoms with Crippen LogP contribution in [0.3, 0.4) is 0 Å². The summed E-state index contributed by atoms with van der Waals surface area (Å²) in [4.78, 5) is 44.4. The molecule has 7 nitrogen and oxygen atoms in total. The minimum Gasteiger partial charge on any atom is -0.481 e. The number of carboxylic acids is 2. The molecule has 1 aliphatic carbocycles. The maximum atomic E-state index is 11.6. The number of nitrogens with one attached hydrogen (secondary N) is 1. The number of carboxylic acid groups (broad SMARTS) is 2. The number of aliphatic carboxylic acids is 2. The van der Waals surface area contributed by atoms with Crippen LogP contribution in [0.25, 0.3) is 0 Å². The molecule has 0 aromatic rings. The second-order valence-corrected chi connectivity index (χ2v) is 5.76. The van der Waals surface area contributed by atoms with Crippen molar-refractivity contribution >= 4 is 35.4 Å². The molecule has 112 valence electrons. The van der Waals surface area contributed by atoms with E-state index in [2.05, 4.69) is 5.32 Å². The Bertz CT molecular complexity index is 424. The van der Waals surface area contributed by atoms with Crippen molar-refractivity contribution < 1.29 is 29.4 Å². The summed E-state index contributed by atoms with van der Waals surface area (Å²) in [6, 6.07) is -1.03. The van der Waals surface area contributed by atoms with E-state index < -0.39 is 35.7 Å². The molecule has 20 heavy (non-hydrogen) atoms. The van der Waals surface area contributed by atoms with E-state index in [1.807, 2.05) is 0 Å². The van der Waals surface area contributed by atoms with Gasteiger partial charge in [-0.2, -0.15) is 11.8 Å². The summed E-state index contributed by atoms with van der Waals surface area (Å²) in [5.74, 6) is -3.55. The Morgan fingerprint density at radius 2 is 2.05 bits per heavy atom. The first-order valence-corrected chi connectivity index (χ1v) is 7.31. The van der Waals surface area contributed by atoms with Crippen LogP contribution < -0.4 is 5.32 Å². The molecule has 3 atom stereocenters. The van der Waals surface area contributed by atoms with Gasteiger partial charge in [0.15, 0.2) is 0 Å². The smallest absolute Gasteiger partial charge is 0.327 e. The number of Topliss-reactive ketones (excluding diaryl/α,β-unsaturated/α-hetero) is 1. The van der Waals surface area contributed by atoms with Crippen molar-refractivity contribution in [1.82, 2.24) is 5.32 Å². The Morgan fingerprint density at radius 3 is 2.55 bits per heavy atom. The molecule has 2 unspecified atom stereocenters. The molecule has 1 rings (SSSR count). The van der Waals surface area contributed by atoms with Gasteiger partial charge in [-0.15, -0.1) is 0 Å². The predicted octanol–water partition coefficient (Wildman–Crippen LogP) is -0.0112. The maximum absolute atomic E-state index is 11.6. The van der Waals surface area contributed by atoms with Crippen LogP contribution in [-0.2, 0) is 19.2 Å². The summed E-state index contributed by atoms with van der Waals surface area (Å²) in [5, 5.41) is 20.2. The lowest BCUT2D eigenvalue weighted by Crippen LogP contribution is -2.41. The second-order valence-electron chi connectivity index (χ2n) is 4.69. The highest BCUT2D eigenvalue weighted by Crippen LogP contribution is 2.31. The largest absolute Gasteiger partial charge is 0.481 e. The van der Waals surface area contributed by atoms with Crippen LogP contribution in [0, 0.1) is 11.8 Å². The lowest BCUT2D eigenvalue weighted by molar-refractivity contribution is -0.144. The molecule has 0 spiro atoms. The number of thioether (sulfide) groups is 1. The van der Waals surface area contributed by atoms with Crippen LogP contribution in [0.15, 0.2) is 0 Å². The minimum absolute atomic E-state index is 0.0868. The lowest BCUT2D eigenvalue weighted by atomic mass is 9.98. The zero-order valence-electron chi connectivity index (χ0n) is 11.0. The van der Waals surface area contributed by atoms with Gasteiger partial charge >= 0.3 is 11.9 Å². The van der Waals surface area contributed by atoms with Gasteiger partial charge in [-0.25, -0.2) is 4.79 Å². The van der Waals surface area contributed by atoms with Gasteiger partial charge in [0.1, 0.15) is 11.8 Å². The Morgan fingerprint density at radius 1 is 1.40 bits per heavy atom. The Hall–Kier alpha value is -1.57. The highest BCUT2D eigenvalue weighted by molar-refractivity contribution is 7.99. The average Bonchev–Trinajstić information content (AvgIpc) is 2.69. The molecule has 0 aromatic heterocycles. The van der Waals surface area contributed by atoms with Crippen LogP contribution in [0.1, 0.15) is 19.8 Å². The molecule has 0 aromatic carbocycles. The van der Waals surface area contributed by atoms with Crippen LogP contribution in [0.5, 0.6) is 0 Å². The summed E-state index contributed by atoms with van der Waals surface area (Å²) in [6.07, 6.45) is 0.601. The molecular weight excluding hydrogens is 286 g/mol. The summed E-state index contributed by atoms with van der Waals surface area (Å²) < 4.78 is 0. The third-order valence-electron chi connectivity index (χ3n) is 3.18. The number of hydrogen-bond donors (Lipinski definition) is 3. The van der Waals surface area contributed by atoms with E-state index in [1.54, 1.807) is 0 Å². The molecule has 1 saturated carbocycles. The predicted molar refractivity (Wildman–Crippen MR) is 71.4 cm³/mol. The van der Waals surface area contributed by atoms with Crippen molar-refractivity contribution in [2.24, 2.45) is 11.8 Å². The summed E-state index contributed by atoms with van der Waals surface area (Å²) in [6.45, 7) is 1.22. The van der Waals surface area contributed by atoms with Crippen LogP contribution in [-0.4, -0.2) is 51.4 Å². The fourth-order valence-corrected chi connectivity index (χ4v) is 3.42. The Balaban J connectivity index is 2.49. The molecule has 0 bridgehead atoms. The van der Waals surface area contributed by atoms with E-state index in [0.29, 0.717) is 6.42 Å². The number of carbonyl (C=O) groups excluding carboxylic acids is 2. The number of rotatable bonds is 7. The van der Waals surface area contributed by atoms with Crippen molar-refractivity contribution in [3.8, 4) is 0 Å². The van der Waals surface area contributed by atoms with Crippen molar-refractivity contribution in [3.63, 3.8) is 0 Å². The van der Waals surface area contributed by atoms with E-state index in [4.69, 9.17) is 10.2 Å². The minimum atomic E-state index is -1.15. The summed E-state index contributed by atoms with van der Waals surface area (Å²) >= 11 is 1.17. The SMILES string of the molecule is CC(=O)NC(CSC[C@@H]1C(=O)CCC1C(=O)O)C(=O)O. The van der Waals surface area contributed by atoms with Crippen LogP contribution >= 0.6 is 11.8 Å². The average molecular weight is 303 g/mol. The standard InChI is InChI=1S/C12H17NO6S/c1-6(14)13-9(12(18)19)5-20-4-8-7(11(16)17)2-3-10(8)15/h7-9H,2-5H2,1H3,(H,13,14)(H,16,17)(H,18,19)/t7?,8-,9?/m0/s1. The molecule has 0 heterocycles. The van der Waals surface area contributed by atoms with E-state index >= 15 is 0 Å². The summed E-state index contributed by atoms with van der Waals surface area (Å²) in [5.41, 5.74) is 0. The zero-order chi connectivity index (χ0) is 15.3. The molecule has 0 saturated heterocycles. The normalized spacial score (nSPS) is 23.4. The third kappa shape index (κ3) is 4.52. The van der Waals surface area contributed by atoms with Gasteiger partial charge in [-0.05, 0) is 6.42 Å². The molecule has 1 fully saturated rings. The van der Waals surface area contributed by atoms with E-state index in [9.17, 15) is 19.2 Å². The number of ketones is 1. The van der Waals surface area contributed by atoms with Gasteiger partial charge in [0, 0.05) is 30.8 Å². The molecule has 0 aliphatic heterocycles. The van der Waals surface area contributed by atoms with Gasteiger partial charge < -0.3 is 15.5 Å². The van der Waals surface area contributed by atoms with Gasteiger partial charge in [0.25, 0.3) is 0 Å². The molecule has 0 radical (unpaired) electrons. The topological polar surface area (TPSA) is 121 Å².